The van der Waals surface area contributed by atoms with Crippen LogP contribution in [0.1, 0.15) is 11.8 Å². The number of aliphatic carboxylic acids is 1. The van der Waals surface area contributed by atoms with Crippen molar-refractivity contribution in [3.63, 3.8) is 0 Å². The average molecular weight is 283 g/mol. The molecule has 16 heavy (non-hydrogen) atoms. The molecular formula is C9H11ClO4S2. The minimum Gasteiger partial charge on any atom is -0.481 e. The average Bonchev–Trinajstić information content (AvgIpc) is 2.48. The molecule has 1 heterocycles. The van der Waals surface area contributed by atoms with Gasteiger partial charge >= 0.3 is 5.97 Å². The van der Waals surface area contributed by atoms with Gasteiger partial charge in [-0.05, 0) is 12.1 Å². The fourth-order valence-electron chi connectivity index (χ4n) is 1.16. The number of carbonyl (C=O) groups is 1. The van der Waals surface area contributed by atoms with Crippen LogP contribution in [0.25, 0.3) is 0 Å². The van der Waals surface area contributed by atoms with E-state index < -0.39 is 21.7 Å². The smallest absolute Gasteiger partial charge is 0.307 e. The lowest BCUT2D eigenvalue weighted by atomic mass is 10.2. The Morgan fingerprint density at radius 3 is 2.62 bits per heavy atom. The number of halogens is 1. The molecule has 0 bridgehead atoms. The van der Waals surface area contributed by atoms with Crippen LogP contribution in [0.5, 0.6) is 0 Å². The summed E-state index contributed by atoms with van der Waals surface area (Å²) in [6.45, 7) is 1.38. The van der Waals surface area contributed by atoms with Gasteiger partial charge in [0.1, 0.15) is 0 Å². The number of sulfone groups is 1. The molecule has 0 fully saturated rings. The van der Waals surface area contributed by atoms with E-state index in [2.05, 4.69) is 0 Å². The summed E-state index contributed by atoms with van der Waals surface area (Å²) in [6, 6.07) is 3.26. The van der Waals surface area contributed by atoms with Crippen molar-refractivity contribution >= 4 is 38.7 Å². The lowest BCUT2D eigenvalue weighted by molar-refractivity contribution is -0.140. The van der Waals surface area contributed by atoms with Gasteiger partial charge in [-0.1, -0.05) is 18.5 Å². The summed E-state index contributed by atoms with van der Waals surface area (Å²) < 4.78 is 23.8. The van der Waals surface area contributed by atoms with E-state index in [0.717, 1.165) is 0 Å². The van der Waals surface area contributed by atoms with Gasteiger partial charge in [-0.2, -0.15) is 0 Å². The summed E-state index contributed by atoms with van der Waals surface area (Å²) in [6.07, 6.45) is 0. The first-order chi connectivity index (χ1) is 7.30. The Morgan fingerprint density at radius 1 is 1.56 bits per heavy atom. The van der Waals surface area contributed by atoms with Crippen LogP contribution in [0.4, 0.5) is 0 Å². The van der Waals surface area contributed by atoms with E-state index in [-0.39, 0.29) is 11.5 Å². The van der Waals surface area contributed by atoms with E-state index in [1.54, 1.807) is 12.1 Å². The van der Waals surface area contributed by atoms with Gasteiger partial charge in [0.2, 0.25) is 0 Å². The first-order valence-corrected chi connectivity index (χ1v) is 7.49. The standard InChI is InChI=1S/C9H11ClO4S2/c1-6(9(11)12)4-16(13,14)5-7-2-3-8(10)15-7/h2-3,6H,4-5H2,1H3,(H,11,12). The van der Waals surface area contributed by atoms with E-state index >= 15 is 0 Å². The van der Waals surface area contributed by atoms with Gasteiger partial charge in [0.05, 0.1) is 21.8 Å². The second-order valence-corrected chi connectivity index (χ2v) is 7.41. The molecule has 1 rings (SSSR count). The van der Waals surface area contributed by atoms with Crippen molar-refractivity contribution in [1.82, 2.24) is 0 Å². The van der Waals surface area contributed by atoms with Gasteiger partial charge < -0.3 is 5.11 Å². The Hall–Kier alpha value is -0.590. The molecule has 0 aliphatic heterocycles. The molecule has 4 nitrogen and oxygen atoms in total. The van der Waals surface area contributed by atoms with Crippen molar-refractivity contribution in [3.05, 3.63) is 21.3 Å². The van der Waals surface area contributed by atoms with E-state index in [1.807, 2.05) is 0 Å². The quantitative estimate of drug-likeness (QED) is 0.897. The number of rotatable bonds is 5. The zero-order valence-electron chi connectivity index (χ0n) is 8.51. The monoisotopic (exact) mass is 282 g/mol. The SMILES string of the molecule is CC(CS(=O)(=O)Cc1ccc(Cl)s1)C(=O)O. The van der Waals surface area contributed by atoms with Gasteiger partial charge in [-0.3, -0.25) is 4.79 Å². The van der Waals surface area contributed by atoms with E-state index in [4.69, 9.17) is 16.7 Å². The molecule has 0 amide bonds. The van der Waals surface area contributed by atoms with Crippen molar-refractivity contribution in [2.24, 2.45) is 5.92 Å². The van der Waals surface area contributed by atoms with Gasteiger partial charge in [-0.15, -0.1) is 11.3 Å². The van der Waals surface area contributed by atoms with Crippen LogP contribution in [0.2, 0.25) is 4.34 Å². The summed E-state index contributed by atoms with van der Waals surface area (Å²) in [5, 5.41) is 8.63. The van der Waals surface area contributed by atoms with Crippen molar-refractivity contribution < 1.29 is 18.3 Å². The predicted molar refractivity (Wildman–Crippen MR) is 63.6 cm³/mol. The van der Waals surface area contributed by atoms with Gasteiger partial charge in [0.15, 0.2) is 9.84 Å². The number of thiophene rings is 1. The molecule has 1 aromatic heterocycles. The van der Waals surface area contributed by atoms with Gasteiger partial charge in [0, 0.05) is 4.88 Å². The Morgan fingerprint density at radius 2 is 2.19 bits per heavy atom. The largest absolute Gasteiger partial charge is 0.481 e. The highest BCUT2D eigenvalue weighted by molar-refractivity contribution is 7.90. The molecule has 1 N–H and O–H groups in total. The second kappa shape index (κ2) is 5.16. The number of carboxylic acids is 1. The number of carboxylic acid groups (broad SMARTS) is 1. The third-order valence-electron chi connectivity index (χ3n) is 1.92. The molecule has 0 aliphatic rings. The lowest BCUT2D eigenvalue weighted by Crippen LogP contribution is -2.21. The third kappa shape index (κ3) is 4.11. The maximum absolute atomic E-state index is 11.6. The number of hydrogen-bond donors (Lipinski definition) is 1. The molecule has 1 atom stereocenters. The maximum Gasteiger partial charge on any atom is 0.307 e. The molecule has 0 aliphatic carbocycles. The zero-order valence-corrected chi connectivity index (χ0v) is 10.9. The highest BCUT2D eigenvalue weighted by Gasteiger charge is 2.21. The number of hydrogen-bond acceptors (Lipinski definition) is 4. The Balaban J connectivity index is 2.69. The van der Waals surface area contributed by atoms with Crippen molar-refractivity contribution in [2.75, 3.05) is 5.75 Å². The first kappa shape index (κ1) is 13.5. The summed E-state index contributed by atoms with van der Waals surface area (Å²) in [5.74, 6) is -2.49. The summed E-state index contributed by atoms with van der Waals surface area (Å²) in [5.41, 5.74) is 0. The first-order valence-electron chi connectivity index (χ1n) is 4.47. The van der Waals surface area contributed by atoms with Crippen molar-refractivity contribution in [2.45, 2.75) is 12.7 Å². The maximum atomic E-state index is 11.6. The molecule has 90 valence electrons. The third-order valence-corrected chi connectivity index (χ3v) is 5.09. The van der Waals surface area contributed by atoms with Crippen LogP contribution in [0.3, 0.4) is 0 Å². The van der Waals surface area contributed by atoms with Gasteiger partial charge in [-0.25, -0.2) is 8.42 Å². The zero-order chi connectivity index (χ0) is 12.3. The van der Waals surface area contributed by atoms with Gasteiger partial charge in [0.25, 0.3) is 0 Å². The van der Waals surface area contributed by atoms with E-state index in [1.165, 1.54) is 18.3 Å². The molecule has 0 saturated carbocycles. The molecule has 0 spiro atoms. The van der Waals surface area contributed by atoms with Crippen LogP contribution in [0, 0.1) is 5.92 Å². The molecule has 0 aromatic carbocycles. The normalized spacial score (nSPS) is 13.6. The minimum absolute atomic E-state index is 0.151. The van der Waals surface area contributed by atoms with Crippen LogP contribution in [-0.4, -0.2) is 25.2 Å². The van der Waals surface area contributed by atoms with Crippen LogP contribution < -0.4 is 0 Å². The Kier molecular flexibility index (Phi) is 4.35. The Bertz CT molecular complexity index is 477. The topological polar surface area (TPSA) is 71.4 Å². The highest BCUT2D eigenvalue weighted by Crippen LogP contribution is 2.23. The van der Waals surface area contributed by atoms with E-state index in [9.17, 15) is 13.2 Å². The summed E-state index contributed by atoms with van der Waals surface area (Å²) >= 11 is 6.86. The molecule has 0 saturated heterocycles. The van der Waals surface area contributed by atoms with Crippen LogP contribution >= 0.6 is 22.9 Å². The Labute approximate surface area is 103 Å². The fourth-order valence-corrected chi connectivity index (χ4v) is 4.37. The van der Waals surface area contributed by atoms with Crippen LogP contribution in [-0.2, 0) is 20.4 Å². The van der Waals surface area contributed by atoms with Crippen molar-refractivity contribution in [3.8, 4) is 0 Å². The minimum atomic E-state index is -3.39. The van der Waals surface area contributed by atoms with Crippen LogP contribution in [0.15, 0.2) is 12.1 Å². The predicted octanol–water partition coefficient (Wildman–Crippen LogP) is 2.04. The van der Waals surface area contributed by atoms with Crippen molar-refractivity contribution in [1.29, 1.82) is 0 Å². The van der Waals surface area contributed by atoms with E-state index in [0.29, 0.717) is 9.21 Å². The summed E-state index contributed by atoms with van der Waals surface area (Å²) in [7, 11) is -3.39. The lowest BCUT2D eigenvalue weighted by Gasteiger charge is -2.06. The molecule has 1 aromatic rings. The molecule has 0 radical (unpaired) electrons. The highest BCUT2D eigenvalue weighted by atomic mass is 35.5. The molecule has 1 unspecified atom stereocenters. The molecule has 7 heteroatoms. The summed E-state index contributed by atoms with van der Waals surface area (Å²) in [4.78, 5) is 11.2. The second-order valence-electron chi connectivity index (χ2n) is 3.50. The fraction of sp³-hybridized carbons (Fsp3) is 0.444. The molecular weight excluding hydrogens is 272 g/mol.